The maximum Gasteiger partial charge on any atom is 0.437 e. The van der Waals surface area contributed by atoms with Gasteiger partial charge >= 0.3 is 17.4 Å². The minimum Gasteiger partial charge on any atom is -0.451 e. The lowest BCUT2D eigenvalue weighted by Crippen LogP contribution is -2.32. The number of hydrogen-bond acceptors (Lipinski definition) is 8. The fraction of sp³-hybridized carbons (Fsp3) is 0.158. The van der Waals surface area contributed by atoms with Gasteiger partial charge in [0.15, 0.2) is 6.10 Å². The first-order chi connectivity index (χ1) is 15.1. The number of anilines is 1. The zero-order chi connectivity index (χ0) is 23.4. The van der Waals surface area contributed by atoms with Crippen LogP contribution in [0, 0.1) is 21.7 Å². The summed E-state index contributed by atoms with van der Waals surface area (Å²) in [5.74, 6) is -4.55. The van der Waals surface area contributed by atoms with Crippen LogP contribution in [0.1, 0.15) is 6.92 Å². The normalized spacial score (nSPS) is 11.6. The average Bonchev–Trinajstić information content (AvgIpc) is 3.09. The van der Waals surface area contributed by atoms with Gasteiger partial charge in [0, 0.05) is 17.3 Å². The summed E-state index contributed by atoms with van der Waals surface area (Å²) < 4.78 is 36.9. The zero-order valence-corrected chi connectivity index (χ0v) is 16.3. The Balaban J connectivity index is 1.62. The molecule has 1 heterocycles. The summed E-state index contributed by atoms with van der Waals surface area (Å²) in [5, 5.41) is 16.8. The number of ether oxygens (including phenoxy) is 1. The number of halogens is 2. The molecule has 1 unspecified atom stereocenters. The standard InChI is InChI=1S/C19H14F2N4O7/c1-10(17(27)22-13-6-7-14(21)15(8-13)25(29)30)31-16(26)9-24-19(28)32-18(23-24)11-2-4-12(20)5-3-11/h2-8,10H,9H2,1H3,(H,22,27). The van der Waals surface area contributed by atoms with Crippen LogP contribution in [0.25, 0.3) is 11.5 Å². The van der Waals surface area contributed by atoms with Gasteiger partial charge in [-0.25, -0.2) is 9.18 Å². The second-order valence-corrected chi connectivity index (χ2v) is 6.38. The monoisotopic (exact) mass is 448 g/mol. The lowest BCUT2D eigenvalue weighted by molar-refractivity contribution is -0.387. The van der Waals surface area contributed by atoms with E-state index in [-0.39, 0.29) is 11.6 Å². The van der Waals surface area contributed by atoms with Gasteiger partial charge in [0.2, 0.25) is 11.7 Å². The first kappa shape index (κ1) is 22.3. The van der Waals surface area contributed by atoms with Crippen molar-refractivity contribution in [1.29, 1.82) is 0 Å². The number of nitrogens with one attached hydrogen (secondary N) is 1. The molecule has 1 N–H and O–H groups in total. The predicted molar refractivity (Wildman–Crippen MR) is 103 cm³/mol. The van der Waals surface area contributed by atoms with Gasteiger partial charge in [0.25, 0.3) is 5.91 Å². The average molecular weight is 448 g/mol. The number of hydrogen-bond donors (Lipinski definition) is 1. The summed E-state index contributed by atoms with van der Waals surface area (Å²) in [6.07, 6.45) is -1.36. The van der Waals surface area contributed by atoms with Crippen LogP contribution in [0.3, 0.4) is 0 Å². The van der Waals surface area contributed by atoms with E-state index >= 15 is 0 Å². The van der Waals surface area contributed by atoms with Crippen molar-refractivity contribution in [2.24, 2.45) is 0 Å². The van der Waals surface area contributed by atoms with Crippen molar-refractivity contribution in [3.8, 4) is 11.5 Å². The van der Waals surface area contributed by atoms with Crippen LogP contribution in [0.4, 0.5) is 20.2 Å². The fourth-order valence-corrected chi connectivity index (χ4v) is 2.50. The van der Waals surface area contributed by atoms with Crippen molar-refractivity contribution in [3.63, 3.8) is 0 Å². The molecule has 2 aromatic carbocycles. The largest absolute Gasteiger partial charge is 0.451 e. The van der Waals surface area contributed by atoms with E-state index in [0.29, 0.717) is 10.2 Å². The Labute approximate surface area is 177 Å². The molecule has 0 bridgehead atoms. The molecule has 0 saturated carbocycles. The first-order valence-electron chi connectivity index (χ1n) is 8.92. The molecular formula is C19H14F2N4O7. The highest BCUT2D eigenvalue weighted by molar-refractivity contribution is 5.95. The van der Waals surface area contributed by atoms with E-state index in [9.17, 15) is 33.3 Å². The Bertz CT molecular complexity index is 1240. The summed E-state index contributed by atoms with van der Waals surface area (Å²) in [6, 6.07) is 7.65. The van der Waals surface area contributed by atoms with Gasteiger partial charge in [0.1, 0.15) is 12.4 Å². The van der Waals surface area contributed by atoms with Crippen LogP contribution in [0.2, 0.25) is 0 Å². The van der Waals surface area contributed by atoms with Crippen LogP contribution < -0.4 is 11.1 Å². The van der Waals surface area contributed by atoms with E-state index in [1.807, 2.05) is 0 Å². The number of carbonyl (C=O) groups excluding carboxylic acids is 2. The first-order valence-corrected chi connectivity index (χ1v) is 8.92. The highest BCUT2D eigenvalue weighted by Gasteiger charge is 2.22. The summed E-state index contributed by atoms with van der Waals surface area (Å²) in [5.41, 5.74) is -0.616. The van der Waals surface area contributed by atoms with Crippen LogP contribution in [-0.2, 0) is 20.9 Å². The number of benzene rings is 2. The molecule has 1 aromatic heterocycles. The zero-order valence-electron chi connectivity index (χ0n) is 16.3. The van der Waals surface area contributed by atoms with Gasteiger partial charge in [-0.2, -0.15) is 9.07 Å². The second-order valence-electron chi connectivity index (χ2n) is 6.38. The minimum atomic E-state index is -1.36. The summed E-state index contributed by atoms with van der Waals surface area (Å²) in [4.78, 5) is 45.9. The van der Waals surface area contributed by atoms with E-state index in [0.717, 1.165) is 30.3 Å². The van der Waals surface area contributed by atoms with Gasteiger partial charge in [-0.05, 0) is 43.3 Å². The number of nitrogens with zero attached hydrogens (tertiary/aromatic N) is 3. The number of esters is 1. The quantitative estimate of drug-likeness (QED) is 0.329. The van der Waals surface area contributed by atoms with Crippen LogP contribution in [0.5, 0.6) is 0 Å². The lowest BCUT2D eigenvalue weighted by atomic mass is 10.2. The van der Waals surface area contributed by atoms with Crippen LogP contribution in [-0.4, -0.2) is 32.7 Å². The van der Waals surface area contributed by atoms with Crippen molar-refractivity contribution in [2.45, 2.75) is 19.6 Å². The maximum atomic E-state index is 13.4. The lowest BCUT2D eigenvalue weighted by Gasteiger charge is -2.13. The maximum absolute atomic E-state index is 13.4. The molecule has 13 heteroatoms. The highest BCUT2D eigenvalue weighted by atomic mass is 19.1. The Hall–Kier alpha value is -4.42. The summed E-state index contributed by atoms with van der Waals surface area (Å²) in [7, 11) is 0. The molecule has 0 spiro atoms. The molecule has 3 aromatic rings. The third kappa shape index (κ3) is 5.19. The number of amides is 1. The highest BCUT2D eigenvalue weighted by Crippen LogP contribution is 2.22. The van der Waals surface area contributed by atoms with Crippen molar-refractivity contribution < 1.29 is 32.4 Å². The van der Waals surface area contributed by atoms with E-state index in [2.05, 4.69) is 10.4 Å². The predicted octanol–water partition coefficient (Wildman–Crippen LogP) is 2.26. The fourth-order valence-electron chi connectivity index (χ4n) is 2.50. The molecule has 0 aliphatic carbocycles. The summed E-state index contributed by atoms with van der Waals surface area (Å²) >= 11 is 0. The molecule has 0 fully saturated rings. The molecule has 0 saturated heterocycles. The number of nitro groups is 1. The number of carbonyl (C=O) groups is 2. The van der Waals surface area contributed by atoms with Gasteiger partial charge < -0.3 is 14.5 Å². The minimum absolute atomic E-state index is 0.0809. The molecule has 0 aliphatic heterocycles. The Morgan fingerprint density at radius 3 is 2.59 bits per heavy atom. The third-order valence-electron chi connectivity index (χ3n) is 4.06. The molecule has 0 aliphatic rings. The molecular weight excluding hydrogens is 434 g/mol. The number of aromatic nitrogens is 2. The van der Waals surface area contributed by atoms with Crippen molar-refractivity contribution in [2.75, 3.05) is 5.32 Å². The Morgan fingerprint density at radius 1 is 1.25 bits per heavy atom. The van der Waals surface area contributed by atoms with Crippen LogP contribution in [0.15, 0.2) is 51.7 Å². The van der Waals surface area contributed by atoms with Gasteiger partial charge in [-0.3, -0.25) is 19.7 Å². The SMILES string of the molecule is CC(OC(=O)Cn1nc(-c2ccc(F)cc2)oc1=O)C(=O)Nc1ccc(F)c([N+](=O)[O-])c1. The van der Waals surface area contributed by atoms with Crippen molar-refractivity contribution in [3.05, 3.63) is 74.8 Å². The van der Waals surface area contributed by atoms with Crippen LogP contribution >= 0.6 is 0 Å². The molecule has 32 heavy (non-hydrogen) atoms. The third-order valence-corrected chi connectivity index (χ3v) is 4.06. The molecule has 0 radical (unpaired) electrons. The topological polar surface area (TPSA) is 147 Å². The molecule has 11 nitrogen and oxygen atoms in total. The van der Waals surface area contributed by atoms with E-state index in [1.165, 1.54) is 19.1 Å². The smallest absolute Gasteiger partial charge is 0.437 e. The molecule has 3 rings (SSSR count). The van der Waals surface area contributed by atoms with Gasteiger partial charge in [0.05, 0.1) is 4.92 Å². The van der Waals surface area contributed by atoms with E-state index < -0.39 is 52.5 Å². The van der Waals surface area contributed by atoms with Gasteiger partial charge in [-0.15, -0.1) is 5.10 Å². The number of nitro benzene ring substituents is 1. The van der Waals surface area contributed by atoms with E-state index in [1.54, 1.807) is 0 Å². The molecule has 166 valence electrons. The van der Waals surface area contributed by atoms with Crippen molar-refractivity contribution >= 4 is 23.3 Å². The molecule has 1 atom stereocenters. The second kappa shape index (κ2) is 9.16. The Kier molecular flexibility index (Phi) is 6.37. The Morgan fingerprint density at radius 2 is 1.94 bits per heavy atom. The van der Waals surface area contributed by atoms with Crippen molar-refractivity contribution in [1.82, 2.24) is 9.78 Å². The number of rotatable bonds is 7. The van der Waals surface area contributed by atoms with Gasteiger partial charge in [-0.1, -0.05) is 0 Å². The summed E-state index contributed by atoms with van der Waals surface area (Å²) in [6.45, 7) is 0.545. The van der Waals surface area contributed by atoms with E-state index in [4.69, 9.17) is 9.15 Å². The molecule has 1 amide bonds.